The van der Waals surface area contributed by atoms with Crippen LogP contribution in [0.25, 0.3) is 0 Å². The van der Waals surface area contributed by atoms with Crippen LogP contribution >= 0.6 is 0 Å². The Labute approximate surface area is 126 Å². The molecule has 3 rings (SSSR count). The van der Waals surface area contributed by atoms with Crippen LogP contribution in [0.15, 0.2) is 24.3 Å². The summed E-state index contributed by atoms with van der Waals surface area (Å²) in [6.45, 7) is 6.52. The van der Waals surface area contributed by atoms with E-state index in [4.69, 9.17) is 5.73 Å². The normalized spacial score (nSPS) is 28.2. The van der Waals surface area contributed by atoms with Gasteiger partial charge in [0.05, 0.1) is 5.69 Å². The smallest absolute Gasteiger partial charge is 0.146 e. The summed E-state index contributed by atoms with van der Waals surface area (Å²) in [5, 5.41) is 0. The van der Waals surface area contributed by atoms with Crippen molar-refractivity contribution in [2.24, 2.45) is 5.73 Å². The molecule has 2 aliphatic rings. The van der Waals surface area contributed by atoms with Gasteiger partial charge in [-0.1, -0.05) is 12.1 Å². The molecule has 2 heterocycles. The van der Waals surface area contributed by atoms with E-state index >= 15 is 0 Å². The fraction of sp³-hybridized carbons (Fsp3) is 0.625. The Balaban J connectivity index is 1.66. The first-order valence-electron chi connectivity index (χ1n) is 7.78. The van der Waals surface area contributed by atoms with Crippen molar-refractivity contribution in [2.75, 3.05) is 57.8 Å². The highest BCUT2D eigenvalue weighted by atomic mass is 19.1. The number of para-hydroxylation sites is 1. The number of likely N-dealkylation sites (N-methyl/N-ethyl adjacent to an activating group) is 1. The fourth-order valence-corrected chi connectivity index (χ4v) is 3.74. The molecular weight excluding hydrogens is 267 g/mol. The third-order valence-electron chi connectivity index (χ3n) is 5.05. The molecule has 21 heavy (non-hydrogen) atoms. The second-order valence-electron chi connectivity index (χ2n) is 6.34. The van der Waals surface area contributed by atoms with Gasteiger partial charge in [0.25, 0.3) is 0 Å². The molecular formula is C16H25FN4. The molecule has 1 aromatic rings. The molecule has 1 aromatic carbocycles. The summed E-state index contributed by atoms with van der Waals surface area (Å²) in [6, 6.07) is 7.05. The topological polar surface area (TPSA) is 35.7 Å². The van der Waals surface area contributed by atoms with E-state index in [1.807, 2.05) is 12.1 Å². The van der Waals surface area contributed by atoms with Crippen LogP contribution in [0.4, 0.5) is 10.1 Å². The molecule has 0 amide bonds. The molecule has 2 N–H and O–H groups in total. The first kappa shape index (κ1) is 14.8. The Kier molecular flexibility index (Phi) is 4.15. The number of likely N-dealkylation sites (tertiary alicyclic amines) is 1. The van der Waals surface area contributed by atoms with Crippen molar-refractivity contribution in [3.05, 3.63) is 30.1 Å². The maximum Gasteiger partial charge on any atom is 0.146 e. The van der Waals surface area contributed by atoms with E-state index < -0.39 is 0 Å². The Hall–Kier alpha value is -1.17. The molecule has 0 aromatic heterocycles. The number of hydrogen-bond donors (Lipinski definition) is 1. The first-order valence-corrected chi connectivity index (χ1v) is 7.78. The van der Waals surface area contributed by atoms with Gasteiger partial charge in [0.15, 0.2) is 0 Å². The molecule has 2 aliphatic heterocycles. The van der Waals surface area contributed by atoms with Crippen molar-refractivity contribution in [1.29, 1.82) is 0 Å². The van der Waals surface area contributed by atoms with Crippen molar-refractivity contribution >= 4 is 5.69 Å². The molecule has 0 saturated carbocycles. The number of hydrogen-bond acceptors (Lipinski definition) is 4. The summed E-state index contributed by atoms with van der Waals surface area (Å²) in [4.78, 5) is 7.03. The number of rotatable bonds is 3. The zero-order valence-electron chi connectivity index (χ0n) is 12.8. The Morgan fingerprint density at radius 3 is 2.43 bits per heavy atom. The highest BCUT2D eigenvalue weighted by Gasteiger charge is 2.41. The summed E-state index contributed by atoms with van der Waals surface area (Å²) in [6.07, 6.45) is 1.14. The third kappa shape index (κ3) is 2.78. The minimum atomic E-state index is -0.125. The highest BCUT2D eigenvalue weighted by Crippen LogP contribution is 2.29. The van der Waals surface area contributed by atoms with E-state index in [0.29, 0.717) is 6.54 Å². The molecule has 0 spiro atoms. The lowest BCUT2D eigenvalue weighted by atomic mass is 9.95. The van der Waals surface area contributed by atoms with Gasteiger partial charge >= 0.3 is 0 Å². The van der Waals surface area contributed by atoms with Gasteiger partial charge < -0.3 is 15.5 Å². The predicted molar refractivity (Wildman–Crippen MR) is 84.1 cm³/mol. The summed E-state index contributed by atoms with van der Waals surface area (Å²) < 4.78 is 13.9. The molecule has 1 unspecified atom stereocenters. The van der Waals surface area contributed by atoms with E-state index in [2.05, 4.69) is 21.7 Å². The number of benzene rings is 1. The van der Waals surface area contributed by atoms with Crippen molar-refractivity contribution < 1.29 is 4.39 Å². The van der Waals surface area contributed by atoms with Gasteiger partial charge in [0, 0.05) is 44.8 Å². The maximum atomic E-state index is 13.9. The van der Waals surface area contributed by atoms with E-state index in [0.717, 1.165) is 51.4 Å². The van der Waals surface area contributed by atoms with E-state index in [-0.39, 0.29) is 11.4 Å². The molecule has 0 radical (unpaired) electrons. The van der Waals surface area contributed by atoms with Crippen molar-refractivity contribution in [3.63, 3.8) is 0 Å². The van der Waals surface area contributed by atoms with E-state index in [1.54, 1.807) is 6.07 Å². The lowest BCUT2D eigenvalue weighted by molar-refractivity contribution is 0.0944. The third-order valence-corrected chi connectivity index (χ3v) is 5.05. The second-order valence-corrected chi connectivity index (χ2v) is 6.34. The van der Waals surface area contributed by atoms with E-state index in [1.165, 1.54) is 6.07 Å². The molecule has 2 saturated heterocycles. The van der Waals surface area contributed by atoms with Gasteiger partial charge in [0.1, 0.15) is 5.82 Å². The largest absolute Gasteiger partial charge is 0.367 e. The van der Waals surface area contributed by atoms with Crippen LogP contribution in [0.3, 0.4) is 0 Å². The molecule has 2 fully saturated rings. The molecule has 5 heteroatoms. The minimum Gasteiger partial charge on any atom is -0.367 e. The summed E-state index contributed by atoms with van der Waals surface area (Å²) >= 11 is 0. The maximum absolute atomic E-state index is 13.9. The summed E-state index contributed by atoms with van der Waals surface area (Å²) in [7, 11) is 2.16. The second kappa shape index (κ2) is 5.91. The molecule has 116 valence electrons. The molecule has 0 bridgehead atoms. The monoisotopic (exact) mass is 292 g/mol. The SMILES string of the molecule is CN1CCC(CN)(N2CCN(c3ccccc3F)CC2)C1. The van der Waals surface area contributed by atoms with Gasteiger partial charge in [-0.25, -0.2) is 4.39 Å². The van der Waals surface area contributed by atoms with Crippen molar-refractivity contribution in [2.45, 2.75) is 12.0 Å². The Morgan fingerprint density at radius 1 is 1.14 bits per heavy atom. The molecule has 1 atom stereocenters. The molecule has 4 nitrogen and oxygen atoms in total. The van der Waals surface area contributed by atoms with Crippen molar-refractivity contribution in [3.8, 4) is 0 Å². The Morgan fingerprint density at radius 2 is 1.86 bits per heavy atom. The minimum absolute atomic E-state index is 0.121. The standard InChI is InChI=1S/C16H25FN4/c1-19-7-6-16(12-18,13-19)21-10-8-20(9-11-21)15-5-3-2-4-14(15)17/h2-5H,6-13,18H2,1H3. The van der Waals surface area contributed by atoms with Crippen LogP contribution in [0.1, 0.15) is 6.42 Å². The van der Waals surface area contributed by atoms with Gasteiger partial charge in [-0.3, -0.25) is 4.90 Å². The highest BCUT2D eigenvalue weighted by molar-refractivity contribution is 5.48. The number of nitrogens with two attached hydrogens (primary N) is 1. The van der Waals surface area contributed by atoms with Crippen LogP contribution in [-0.2, 0) is 0 Å². The number of piperazine rings is 1. The zero-order valence-corrected chi connectivity index (χ0v) is 12.8. The van der Waals surface area contributed by atoms with Gasteiger partial charge in [-0.05, 0) is 32.1 Å². The van der Waals surface area contributed by atoms with Crippen molar-refractivity contribution in [1.82, 2.24) is 9.80 Å². The van der Waals surface area contributed by atoms with E-state index in [9.17, 15) is 4.39 Å². The average Bonchev–Trinajstić information content (AvgIpc) is 2.91. The fourth-order valence-electron chi connectivity index (χ4n) is 3.74. The van der Waals surface area contributed by atoms with Crippen LogP contribution in [0, 0.1) is 5.82 Å². The number of anilines is 1. The van der Waals surface area contributed by atoms with Crippen LogP contribution in [0.2, 0.25) is 0 Å². The summed E-state index contributed by atoms with van der Waals surface area (Å²) in [5.41, 5.74) is 6.94. The lowest BCUT2D eigenvalue weighted by Crippen LogP contribution is -2.61. The summed E-state index contributed by atoms with van der Waals surface area (Å²) in [5.74, 6) is -0.125. The first-order chi connectivity index (χ1) is 10.1. The van der Waals surface area contributed by atoms with Crippen LogP contribution in [0.5, 0.6) is 0 Å². The lowest BCUT2D eigenvalue weighted by Gasteiger charge is -2.46. The number of halogens is 1. The molecule has 0 aliphatic carbocycles. The van der Waals surface area contributed by atoms with Gasteiger partial charge in [0.2, 0.25) is 0 Å². The zero-order chi connectivity index (χ0) is 14.9. The van der Waals surface area contributed by atoms with Gasteiger partial charge in [-0.2, -0.15) is 0 Å². The number of nitrogens with zero attached hydrogens (tertiary/aromatic N) is 3. The van der Waals surface area contributed by atoms with Gasteiger partial charge in [-0.15, -0.1) is 0 Å². The van der Waals surface area contributed by atoms with Crippen LogP contribution in [-0.4, -0.2) is 68.2 Å². The quantitative estimate of drug-likeness (QED) is 0.901. The predicted octanol–water partition coefficient (Wildman–Crippen LogP) is 0.981. The average molecular weight is 292 g/mol. The Bertz CT molecular complexity index is 487. The van der Waals surface area contributed by atoms with Crippen LogP contribution < -0.4 is 10.6 Å².